The predicted octanol–water partition coefficient (Wildman–Crippen LogP) is 0.489. The molecule has 1 aromatic rings. The number of nitrogens with one attached hydrogen (secondary N) is 1. The number of hydrogen-bond acceptors (Lipinski definition) is 4. The Morgan fingerprint density at radius 1 is 1.65 bits per heavy atom. The SMILES string of the molecule is CCc1nc(N(C)CC(C)C(=O)O)cc(=O)[nH]1. The Morgan fingerprint density at radius 3 is 2.82 bits per heavy atom. The highest BCUT2D eigenvalue weighted by Gasteiger charge is 2.15. The zero-order chi connectivity index (χ0) is 13.0. The second-order valence-corrected chi connectivity index (χ2v) is 4.02. The largest absolute Gasteiger partial charge is 0.481 e. The molecular weight excluding hydrogens is 222 g/mol. The van der Waals surface area contributed by atoms with E-state index in [1.54, 1.807) is 18.9 Å². The van der Waals surface area contributed by atoms with Gasteiger partial charge >= 0.3 is 5.97 Å². The van der Waals surface area contributed by atoms with Crippen LogP contribution in [0.1, 0.15) is 19.7 Å². The first-order chi connectivity index (χ1) is 7.93. The van der Waals surface area contributed by atoms with E-state index in [9.17, 15) is 9.59 Å². The number of rotatable bonds is 5. The first-order valence-corrected chi connectivity index (χ1v) is 5.48. The van der Waals surface area contributed by atoms with Crippen LogP contribution in [-0.2, 0) is 11.2 Å². The molecule has 0 saturated carbocycles. The third-order valence-electron chi connectivity index (χ3n) is 2.47. The minimum Gasteiger partial charge on any atom is -0.481 e. The van der Waals surface area contributed by atoms with Gasteiger partial charge in [-0.2, -0.15) is 0 Å². The first-order valence-electron chi connectivity index (χ1n) is 5.48. The molecule has 1 aromatic heterocycles. The summed E-state index contributed by atoms with van der Waals surface area (Å²) in [6.45, 7) is 3.82. The van der Waals surface area contributed by atoms with Gasteiger partial charge in [0.05, 0.1) is 5.92 Å². The number of aliphatic carboxylic acids is 1. The Labute approximate surface area is 99.3 Å². The molecule has 0 aliphatic heterocycles. The van der Waals surface area contributed by atoms with E-state index in [0.717, 1.165) is 0 Å². The molecule has 0 fully saturated rings. The molecule has 0 aliphatic carbocycles. The summed E-state index contributed by atoms with van der Waals surface area (Å²) in [6.07, 6.45) is 0.630. The summed E-state index contributed by atoms with van der Waals surface area (Å²) in [5, 5.41) is 8.82. The maximum atomic E-state index is 11.4. The van der Waals surface area contributed by atoms with E-state index >= 15 is 0 Å². The number of nitrogens with zero attached hydrogens (tertiary/aromatic N) is 2. The highest BCUT2D eigenvalue weighted by molar-refractivity contribution is 5.70. The second-order valence-electron chi connectivity index (χ2n) is 4.02. The Kier molecular flexibility index (Phi) is 4.25. The molecule has 1 atom stereocenters. The van der Waals surface area contributed by atoms with Crippen molar-refractivity contribution in [1.82, 2.24) is 9.97 Å². The number of H-pyrrole nitrogens is 1. The van der Waals surface area contributed by atoms with Gasteiger partial charge in [0, 0.05) is 26.1 Å². The standard InChI is InChI=1S/C11H17N3O3/c1-4-8-12-9(5-10(15)13-8)14(3)6-7(2)11(16)17/h5,7H,4,6H2,1-3H3,(H,16,17)(H,12,13,15). The molecule has 1 unspecified atom stereocenters. The van der Waals surface area contributed by atoms with Crippen molar-refractivity contribution in [2.45, 2.75) is 20.3 Å². The average molecular weight is 239 g/mol. The van der Waals surface area contributed by atoms with Gasteiger partial charge in [-0.1, -0.05) is 13.8 Å². The third kappa shape index (κ3) is 3.58. The minimum atomic E-state index is -0.864. The first kappa shape index (κ1) is 13.2. The number of carbonyl (C=O) groups is 1. The van der Waals surface area contributed by atoms with Gasteiger partial charge in [-0.15, -0.1) is 0 Å². The van der Waals surface area contributed by atoms with Crippen molar-refractivity contribution in [3.05, 3.63) is 22.2 Å². The van der Waals surface area contributed by atoms with Crippen LogP contribution in [-0.4, -0.2) is 34.6 Å². The minimum absolute atomic E-state index is 0.221. The van der Waals surface area contributed by atoms with Crippen molar-refractivity contribution in [2.24, 2.45) is 5.92 Å². The zero-order valence-electron chi connectivity index (χ0n) is 10.2. The van der Waals surface area contributed by atoms with E-state index in [1.165, 1.54) is 6.07 Å². The molecule has 1 rings (SSSR count). The molecule has 6 heteroatoms. The van der Waals surface area contributed by atoms with Crippen molar-refractivity contribution in [1.29, 1.82) is 0 Å². The van der Waals surface area contributed by atoms with E-state index in [-0.39, 0.29) is 5.56 Å². The lowest BCUT2D eigenvalue weighted by atomic mass is 10.2. The van der Waals surface area contributed by atoms with Crippen molar-refractivity contribution in [3.8, 4) is 0 Å². The van der Waals surface area contributed by atoms with Crippen LogP contribution in [0.15, 0.2) is 10.9 Å². The summed E-state index contributed by atoms with van der Waals surface area (Å²) in [5.74, 6) is -0.274. The van der Waals surface area contributed by atoms with Gasteiger partial charge in [-0.25, -0.2) is 4.98 Å². The van der Waals surface area contributed by atoms with E-state index in [0.29, 0.717) is 24.6 Å². The molecule has 0 bridgehead atoms. The van der Waals surface area contributed by atoms with Crippen LogP contribution in [0.5, 0.6) is 0 Å². The summed E-state index contributed by atoms with van der Waals surface area (Å²) >= 11 is 0. The molecule has 94 valence electrons. The molecule has 0 radical (unpaired) electrons. The van der Waals surface area contributed by atoms with Crippen LogP contribution in [0.4, 0.5) is 5.82 Å². The van der Waals surface area contributed by atoms with Crippen molar-refractivity contribution < 1.29 is 9.90 Å². The van der Waals surface area contributed by atoms with Crippen molar-refractivity contribution in [3.63, 3.8) is 0 Å². The van der Waals surface area contributed by atoms with Crippen LogP contribution < -0.4 is 10.5 Å². The van der Waals surface area contributed by atoms with Gasteiger partial charge in [0.2, 0.25) is 0 Å². The number of carboxylic acids is 1. The van der Waals surface area contributed by atoms with Crippen LogP contribution >= 0.6 is 0 Å². The second kappa shape index (κ2) is 5.47. The summed E-state index contributed by atoms with van der Waals surface area (Å²) < 4.78 is 0. The molecular formula is C11H17N3O3. The summed E-state index contributed by atoms with van der Waals surface area (Å²) in [4.78, 5) is 30.6. The topological polar surface area (TPSA) is 86.3 Å². The molecule has 2 N–H and O–H groups in total. The van der Waals surface area contributed by atoms with Crippen LogP contribution in [0.25, 0.3) is 0 Å². The zero-order valence-corrected chi connectivity index (χ0v) is 10.2. The maximum absolute atomic E-state index is 11.4. The van der Waals surface area contributed by atoms with Gasteiger partial charge in [0.25, 0.3) is 5.56 Å². The van der Waals surface area contributed by atoms with Crippen molar-refractivity contribution in [2.75, 3.05) is 18.5 Å². The number of aromatic nitrogens is 2. The lowest BCUT2D eigenvalue weighted by Crippen LogP contribution is -2.30. The van der Waals surface area contributed by atoms with Crippen LogP contribution in [0.2, 0.25) is 0 Å². The van der Waals surface area contributed by atoms with Gasteiger partial charge in [0.1, 0.15) is 11.6 Å². The fraction of sp³-hybridized carbons (Fsp3) is 0.545. The van der Waals surface area contributed by atoms with Gasteiger partial charge < -0.3 is 15.0 Å². The Hall–Kier alpha value is -1.85. The lowest BCUT2D eigenvalue weighted by molar-refractivity contribution is -0.140. The van der Waals surface area contributed by atoms with Crippen LogP contribution in [0, 0.1) is 5.92 Å². The summed E-state index contributed by atoms with van der Waals surface area (Å²) in [5.41, 5.74) is -0.221. The predicted molar refractivity (Wildman–Crippen MR) is 64.3 cm³/mol. The Balaban J connectivity index is 2.88. The quantitative estimate of drug-likeness (QED) is 0.781. The fourth-order valence-corrected chi connectivity index (χ4v) is 1.44. The van der Waals surface area contributed by atoms with E-state index in [1.807, 2.05) is 6.92 Å². The highest BCUT2D eigenvalue weighted by atomic mass is 16.4. The number of aromatic amines is 1. The maximum Gasteiger partial charge on any atom is 0.308 e. The third-order valence-corrected chi connectivity index (χ3v) is 2.47. The van der Waals surface area contributed by atoms with E-state index in [2.05, 4.69) is 9.97 Å². The Morgan fingerprint density at radius 2 is 2.29 bits per heavy atom. The molecule has 0 aliphatic rings. The van der Waals surface area contributed by atoms with Gasteiger partial charge in [-0.05, 0) is 0 Å². The van der Waals surface area contributed by atoms with Crippen LogP contribution in [0.3, 0.4) is 0 Å². The lowest BCUT2D eigenvalue weighted by Gasteiger charge is -2.20. The molecule has 0 aromatic carbocycles. The number of carboxylic acid groups (broad SMARTS) is 1. The molecule has 0 saturated heterocycles. The molecule has 0 spiro atoms. The van der Waals surface area contributed by atoms with Crippen molar-refractivity contribution >= 4 is 11.8 Å². The van der Waals surface area contributed by atoms with Gasteiger partial charge in [0.15, 0.2) is 0 Å². The Bertz CT molecular complexity index is 456. The molecule has 1 heterocycles. The van der Waals surface area contributed by atoms with E-state index < -0.39 is 11.9 Å². The fourth-order valence-electron chi connectivity index (χ4n) is 1.44. The average Bonchev–Trinajstić information content (AvgIpc) is 2.27. The molecule has 17 heavy (non-hydrogen) atoms. The number of aryl methyl sites for hydroxylation is 1. The smallest absolute Gasteiger partial charge is 0.308 e. The molecule has 0 amide bonds. The summed E-state index contributed by atoms with van der Waals surface area (Å²) in [7, 11) is 1.72. The summed E-state index contributed by atoms with van der Waals surface area (Å²) in [6, 6.07) is 1.37. The normalized spacial score (nSPS) is 12.2. The monoisotopic (exact) mass is 239 g/mol. The van der Waals surface area contributed by atoms with E-state index in [4.69, 9.17) is 5.11 Å². The highest BCUT2D eigenvalue weighted by Crippen LogP contribution is 2.08. The molecule has 6 nitrogen and oxygen atoms in total. The number of anilines is 1. The van der Waals surface area contributed by atoms with Gasteiger partial charge in [-0.3, -0.25) is 9.59 Å². The number of hydrogen-bond donors (Lipinski definition) is 2.